The first-order valence-electron chi connectivity index (χ1n) is 5.85. The summed E-state index contributed by atoms with van der Waals surface area (Å²) in [5.41, 5.74) is -0.00886. The molecule has 0 fully saturated rings. The number of ether oxygens (including phenoxy) is 1. The Morgan fingerprint density at radius 1 is 1.10 bits per heavy atom. The van der Waals surface area contributed by atoms with Crippen LogP contribution in [0.15, 0.2) is 30.6 Å². The lowest BCUT2D eigenvalue weighted by atomic mass is 9.98. The summed E-state index contributed by atoms with van der Waals surface area (Å²) in [6, 6.07) is 2.90. The molecule has 2 rings (SSSR count). The van der Waals surface area contributed by atoms with E-state index in [0.29, 0.717) is 0 Å². The van der Waals surface area contributed by atoms with E-state index in [1.54, 1.807) is 0 Å². The standard InChI is InChI=1S/C14H10F5NO/c1-21-13-5-12(16)11(15)4-10(13)9-2-3-20-7-8(9)6-14(17,18)19/h2-5,7H,6H2,1H3. The average Bonchev–Trinajstić information content (AvgIpc) is 2.40. The van der Waals surface area contributed by atoms with Crippen molar-refractivity contribution in [1.82, 2.24) is 4.98 Å². The molecule has 0 unspecified atom stereocenters. The fourth-order valence-corrected chi connectivity index (χ4v) is 1.95. The molecule has 1 heterocycles. The van der Waals surface area contributed by atoms with Gasteiger partial charge >= 0.3 is 6.18 Å². The molecule has 0 N–H and O–H groups in total. The minimum atomic E-state index is -4.44. The number of pyridine rings is 1. The molecule has 0 spiro atoms. The Kier molecular flexibility index (Phi) is 4.11. The fraction of sp³-hybridized carbons (Fsp3) is 0.214. The van der Waals surface area contributed by atoms with Gasteiger partial charge in [-0.1, -0.05) is 0 Å². The third-order valence-corrected chi connectivity index (χ3v) is 2.83. The molecule has 1 aromatic carbocycles. The lowest BCUT2D eigenvalue weighted by molar-refractivity contribution is -0.127. The highest BCUT2D eigenvalue weighted by Gasteiger charge is 2.29. The number of rotatable bonds is 3. The van der Waals surface area contributed by atoms with Gasteiger partial charge in [0.25, 0.3) is 0 Å². The number of halogens is 5. The van der Waals surface area contributed by atoms with Crippen molar-refractivity contribution in [2.24, 2.45) is 0 Å². The Balaban J connectivity index is 2.59. The van der Waals surface area contributed by atoms with Crippen LogP contribution in [-0.4, -0.2) is 18.3 Å². The molecule has 2 aromatic rings. The number of hydrogen-bond donors (Lipinski definition) is 0. The van der Waals surface area contributed by atoms with Gasteiger partial charge in [-0.25, -0.2) is 8.78 Å². The van der Waals surface area contributed by atoms with Crippen molar-refractivity contribution in [3.63, 3.8) is 0 Å². The van der Waals surface area contributed by atoms with E-state index < -0.39 is 24.2 Å². The van der Waals surface area contributed by atoms with Crippen LogP contribution in [-0.2, 0) is 6.42 Å². The molecule has 112 valence electrons. The summed E-state index contributed by atoms with van der Waals surface area (Å²) in [5, 5.41) is 0. The van der Waals surface area contributed by atoms with Gasteiger partial charge in [0.2, 0.25) is 0 Å². The molecule has 0 bridgehead atoms. The lowest BCUT2D eigenvalue weighted by Crippen LogP contribution is -2.12. The fourth-order valence-electron chi connectivity index (χ4n) is 1.95. The Morgan fingerprint density at radius 3 is 2.38 bits per heavy atom. The molecule has 0 saturated heterocycles. The number of alkyl halides is 3. The van der Waals surface area contributed by atoms with Gasteiger partial charge in [-0.05, 0) is 23.3 Å². The summed E-state index contributed by atoms with van der Waals surface area (Å²) in [4.78, 5) is 3.64. The molecular weight excluding hydrogens is 293 g/mol. The zero-order chi connectivity index (χ0) is 15.6. The van der Waals surface area contributed by atoms with E-state index >= 15 is 0 Å². The molecule has 0 saturated carbocycles. The molecular formula is C14H10F5NO. The van der Waals surface area contributed by atoms with Crippen LogP contribution in [0.2, 0.25) is 0 Å². The molecule has 2 nitrogen and oxygen atoms in total. The van der Waals surface area contributed by atoms with Crippen molar-refractivity contribution >= 4 is 0 Å². The highest BCUT2D eigenvalue weighted by molar-refractivity contribution is 5.73. The SMILES string of the molecule is COc1cc(F)c(F)cc1-c1ccncc1CC(F)(F)F. The second-order valence-corrected chi connectivity index (χ2v) is 4.29. The predicted octanol–water partition coefficient (Wildman–Crippen LogP) is 4.14. The molecule has 0 radical (unpaired) electrons. The van der Waals surface area contributed by atoms with Crippen LogP contribution in [0, 0.1) is 11.6 Å². The summed E-state index contributed by atoms with van der Waals surface area (Å²) >= 11 is 0. The van der Waals surface area contributed by atoms with E-state index in [-0.39, 0.29) is 22.4 Å². The van der Waals surface area contributed by atoms with E-state index in [2.05, 4.69) is 4.98 Å². The first kappa shape index (κ1) is 15.2. The maximum Gasteiger partial charge on any atom is 0.393 e. The largest absolute Gasteiger partial charge is 0.496 e. The quantitative estimate of drug-likeness (QED) is 0.795. The van der Waals surface area contributed by atoms with Gasteiger partial charge in [-0.15, -0.1) is 0 Å². The van der Waals surface area contributed by atoms with Crippen molar-refractivity contribution in [1.29, 1.82) is 0 Å². The second-order valence-electron chi connectivity index (χ2n) is 4.29. The van der Waals surface area contributed by atoms with E-state index in [1.807, 2.05) is 0 Å². The van der Waals surface area contributed by atoms with Gasteiger partial charge in [-0.2, -0.15) is 13.2 Å². The highest BCUT2D eigenvalue weighted by Crippen LogP contribution is 2.35. The van der Waals surface area contributed by atoms with Crippen LogP contribution in [0.1, 0.15) is 5.56 Å². The van der Waals surface area contributed by atoms with Gasteiger partial charge in [0.15, 0.2) is 11.6 Å². The summed E-state index contributed by atoms with van der Waals surface area (Å²) in [5.74, 6) is -2.36. The summed E-state index contributed by atoms with van der Waals surface area (Å²) < 4.78 is 69.2. The first-order valence-corrected chi connectivity index (χ1v) is 5.85. The van der Waals surface area contributed by atoms with Crippen LogP contribution in [0.5, 0.6) is 5.75 Å². The average molecular weight is 303 g/mol. The number of benzene rings is 1. The van der Waals surface area contributed by atoms with E-state index in [1.165, 1.54) is 19.4 Å². The Morgan fingerprint density at radius 2 is 1.76 bits per heavy atom. The molecule has 0 atom stereocenters. The van der Waals surface area contributed by atoms with Gasteiger partial charge in [-0.3, -0.25) is 4.98 Å². The second kappa shape index (κ2) is 5.67. The normalized spacial score (nSPS) is 11.5. The zero-order valence-electron chi connectivity index (χ0n) is 10.8. The molecule has 0 aliphatic rings. The Bertz CT molecular complexity index is 654. The lowest BCUT2D eigenvalue weighted by Gasteiger charge is -2.14. The minimum Gasteiger partial charge on any atom is -0.496 e. The van der Waals surface area contributed by atoms with Crippen LogP contribution in [0.3, 0.4) is 0 Å². The molecule has 0 aliphatic carbocycles. The Hall–Kier alpha value is -2.18. The predicted molar refractivity (Wildman–Crippen MR) is 65.9 cm³/mol. The third kappa shape index (κ3) is 3.48. The van der Waals surface area contributed by atoms with Gasteiger partial charge in [0.05, 0.1) is 13.5 Å². The first-order chi connectivity index (χ1) is 9.81. The van der Waals surface area contributed by atoms with Crippen LogP contribution in [0.4, 0.5) is 22.0 Å². The minimum absolute atomic E-state index is 0.0399. The number of hydrogen-bond acceptors (Lipinski definition) is 2. The van der Waals surface area contributed by atoms with Crippen molar-refractivity contribution in [3.05, 3.63) is 47.8 Å². The van der Waals surface area contributed by atoms with Crippen molar-refractivity contribution in [2.45, 2.75) is 12.6 Å². The molecule has 1 aromatic heterocycles. The van der Waals surface area contributed by atoms with Crippen molar-refractivity contribution < 1.29 is 26.7 Å². The summed E-state index contributed by atoms with van der Waals surface area (Å²) in [6.07, 6.45) is -3.35. The summed E-state index contributed by atoms with van der Waals surface area (Å²) in [7, 11) is 1.22. The monoisotopic (exact) mass is 303 g/mol. The Labute approximate surface area is 117 Å². The summed E-state index contributed by atoms with van der Waals surface area (Å²) in [6.45, 7) is 0. The molecule has 0 aliphatic heterocycles. The number of nitrogens with zero attached hydrogens (tertiary/aromatic N) is 1. The van der Waals surface area contributed by atoms with Crippen LogP contribution in [0.25, 0.3) is 11.1 Å². The van der Waals surface area contributed by atoms with Crippen LogP contribution < -0.4 is 4.74 Å². The van der Waals surface area contributed by atoms with Crippen LogP contribution >= 0.6 is 0 Å². The maximum atomic E-state index is 13.4. The van der Waals surface area contributed by atoms with Crippen molar-refractivity contribution in [3.8, 4) is 16.9 Å². The highest BCUT2D eigenvalue weighted by atomic mass is 19.4. The van der Waals surface area contributed by atoms with Gasteiger partial charge in [0, 0.05) is 24.0 Å². The number of methoxy groups -OCH3 is 1. The maximum absolute atomic E-state index is 13.4. The van der Waals surface area contributed by atoms with Crippen molar-refractivity contribution in [2.75, 3.05) is 7.11 Å². The van der Waals surface area contributed by atoms with Gasteiger partial charge in [0.1, 0.15) is 5.75 Å². The topological polar surface area (TPSA) is 22.1 Å². The molecule has 7 heteroatoms. The molecule has 21 heavy (non-hydrogen) atoms. The zero-order valence-corrected chi connectivity index (χ0v) is 10.8. The van der Waals surface area contributed by atoms with E-state index in [4.69, 9.17) is 4.74 Å². The molecule has 0 amide bonds. The smallest absolute Gasteiger partial charge is 0.393 e. The third-order valence-electron chi connectivity index (χ3n) is 2.83. The van der Waals surface area contributed by atoms with E-state index in [0.717, 1.165) is 18.3 Å². The van der Waals surface area contributed by atoms with E-state index in [9.17, 15) is 22.0 Å². The number of aromatic nitrogens is 1. The van der Waals surface area contributed by atoms with Gasteiger partial charge < -0.3 is 4.74 Å².